The Balaban J connectivity index is 1.98. The molecule has 2 amide bonds. The molecular weight excluding hydrogens is 228 g/mol. The summed E-state index contributed by atoms with van der Waals surface area (Å²) < 4.78 is 5.54. The van der Waals surface area contributed by atoms with Gasteiger partial charge in [-0.25, -0.2) is 4.79 Å². The van der Waals surface area contributed by atoms with Gasteiger partial charge in [-0.2, -0.15) is 0 Å². The van der Waals surface area contributed by atoms with Crippen LogP contribution in [0.25, 0.3) is 0 Å². The van der Waals surface area contributed by atoms with Crippen molar-refractivity contribution in [3.63, 3.8) is 0 Å². The first-order valence-corrected chi connectivity index (χ1v) is 5.91. The van der Waals surface area contributed by atoms with E-state index in [9.17, 15) is 4.79 Å². The minimum atomic E-state index is -0.191. The van der Waals surface area contributed by atoms with Gasteiger partial charge in [0.1, 0.15) is 5.75 Å². The van der Waals surface area contributed by atoms with E-state index in [-0.39, 0.29) is 12.1 Å². The lowest BCUT2D eigenvalue weighted by molar-refractivity contribution is 0.224. The van der Waals surface area contributed by atoms with E-state index in [1.165, 1.54) is 0 Å². The quantitative estimate of drug-likeness (QED) is 0.800. The number of rotatable bonds is 3. The Labute approximate surface area is 106 Å². The number of hydrogen-bond donors (Lipinski definition) is 2. The zero-order valence-electron chi connectivity index (χ0n) is 10.1. The fourth-order valence-electron chi connectivity index (χ4n) is 1.92. The third-order valence-corrected chi connectivity index (χ3v) is 2.77. The molecule has 2 rings (SSSR count). The summed E-state index contributed by atoms with van der Waals surface area (Å²) in [5.74, 6) is 0.847. The highest BCUT2D eigenvalue weighted by molar-refractivity contribution is 5.74. The molecule has 0 aromatic heterocycles. The summed E-state index contributed by atoms with van der Waals surface area (Å²) in [7, 11) is 0. The van der Waals surface area contributed by atoms with E-state index >= 15 is 0 Å². The van der Waals surface area contributed by atoms with E-state index < -0.39 is 0 Å². The highest BCUT2D eigenvalue weighted by Gasteiger charge is 2.22. The van der Waals surface area contributed by atoms with Gasteiger partial charge in [-0.15, -0.1) is 5.73 Å². The number of ether oxygens (including phenoxy) is 1. The molecule has 0 fully saturated rings. The minimum absolute atomic E-state index is 0.00246. The van der Waals surface area contributed by atoms with Gasteiger partial charge in [-0.3, -0.25) is 0 Å². The fourth-order valence-corrected chi connectivity index (χ4v) is 1.92. The lowest BCUT2D eigenvalue weighted by Crippen LogP contribution is -2.39. The van der Waals surface area contributed by atoms with E-state index in [4.69, 9.17) is 4.74 Å². The molecule has 18 heavy (non-hydrogen) atoms. The number of fused-ring (bicyclic) bond motifs is 1. The van der Waals surface area contributed by atoms with Crippen LogP contribution in [0.15, 0.2) is 42.7 Å². The molecular formula is C14H16N2O2. The highest BCUT2D eigenvalue weighted by atomic mass is 16.5. The summed E-state index contributed by atoms with van der Waals surface area (Å²) in [5, 5.41) is 5.65. The van der Waals surface area contributed by atoms with Crippen molar-refractivity contribution in [3.05, 3.63) is 48.2 Å². The number of urea groups is 1. The summed E-state index contributed by atoms with van der Waals surface area (Å²) in [6.07, 6.45) is 2.44. The molecule has 1 aliphatic heterocycles. The average Bonchev–Trinajstić information content (AvgIpc) is 2.39. The van der Waals surface area contributed by atoms with Crippen LogP contribution in [0, 0.1) is 0 Å². The van der Waals surface area contributed by atoms with E-state index in [1.807, 2.05) is 24.3 Å². The van der Waals surface area contributed by atoms with Gasteiger partial charge in [0.25, 0.3) is 0 Å². The van der Waals surface area contributed by atoms with Gasteiger partial charge in [0.2, 0.25) is 0 Å². The number of amides is 2. The van der Waals surface area contributed by atoms with Crippen LogP contribution in [0.5, 0.6) is 5.75 Å². The van der Waals surface area contributed by atoms with Crippen LogP contribution in [-0.4, -0.2) is 19.2 Å². The zero-order valence-corrected chi connectivity index (χ0v) is 10.1. The third-order valence-electron chi connectivity index (χ3n) is 2.77. The zero-order chi connectivity index (χ0) is 12.8. The number of benzene rings is 1. The summed E-state index contributed by atoms with van der Waals surface area (Å²) in [6.45, 7) is 4.48. The molecule has 1 unspecified atom stereocenters. The normalized spacial score (nSPS) is 16.8. The highest BCUT2D eigenvalue weighted by Crippen LogP contribution is 2.31. The largest absolute Gasteiger partial charge is 0.493 e. The Hall–Kier alpha value is -2.19. The van der Waals surface area contributed by atoms with Gasteiger partial charge in [-0.05, 0) is 12.1 Å². The lowest BCUT2D eigenvalue weighted by Gasteiger charge is -2.26. The van der Waals surface area contributed by atoms with Gasteiger partial charge in [-0.1, -0.05) is 24.8 Å². The first kappa shape index (κ1) is 12.3. The van der Waals surface area contributed by atoms with Crippen molar-refractivity contribution in [2.45, 2.75) is 12.5 Å². The molecule has 1 aliphatic rings. The second-order valence-electron chi connectivity index (χ2n) is 3.99. The predicted octanol–water partition coefficient (Wildman–Crippen LogP) is 2.15. The molecule has 1 aromatic carbocycles. The molecule has 1 aromatic rings. The summed E-state index contributed by atoms with van der Waals surface area (Å²) in [5.41, 5.74) is 3.63. The lowest BCUT2D eigenvalue weighted by atomic mass is 10.0. The Morgan fingerprint density at radius 3 is 3.22 bits per heavy atom. The smallest absolute Gasteiger partial charge is 0.315 e. The standard InChI is InChI=1S/C14H16N2O2/c1-2-3-9-15-14(17)16-12-8-10-18-13-7-5-4-6-11(12)13/h3-7,12H,1,8-10H2,(H2,15,16,17). The van der Waals surface area contributed by atoms with Crippen LogP contribution in [0.2, 0.25) is 0 Å². The van der Waals surface area contributed by atoms with Crippen LogP contribution in [0.3, 0.4) is 0 Å². The summed E-state index contributed by atoms with van der Waals surface area (Å²) >= 11 is 0. The van der Waals surface area contributed by atoms with Crippen LogP contribution < -0.4 is 15.4 Å². The van der Waals surface area contributed by atoms with E-state index in [0.717, 1.165) is 17.7 Å². The second-order valence-corrected chi connectivity index (χ2v) is 3.99. The molecule has 0 radical (unpaired) electrons. The van der Waals surface area contributed by atoms with Crippen molar-refractivity contribution in [1.29, 1.82) is 0 Å². The summed E-state index contributed by atoms with van der Waals surface area (Å²) in [4.78, 5) is 11.7. The van der Waals surface area contributed by atoms with Crippen molar-refractivity contribution >= 4 is 6.03 Å². The monoisotopic (exact) mass is 244 g/mol. The van der Waals surface area contributed by atoms with Crippen LogP contribution in [0.4, 0.5) is 4.79 Å². The number of carbonyl (C=O) groups is 1. The van der Waals surface area contributed by atoms with Gasteiger partial charge in [0.05, 0.1) is 12.6 Å². The SMILES string of the molecule is C=C=CCNC(=O)NC1CCOc2ccccc21. The van der Waals surface area contributed by atoms with Crippen molar-refractivity contribution in [2.24, 2.45) is 0 Å². The Morgan fingerprint density at radius 1 is 1.56 bits per heavy atom. The average molecular weight is 244 g/mol. The number of carbonyl (C=O) groups excluding carboxylic acids is 1. The van der Waals surface area contributed by atoms with Crippen LogP contribution in [-0.2, 0) is 0 Å². The van der Waals surface area contributed by atoms with Gasteiger partial charge in [0, 0.05) is 18.5 Å². The number of para-hydroxylation sites is 1. The Bertz CT molecular complexity index is 478. The molecule has 94 valence electrons. The first-order chi connectivity index (χ1) is 8.81. The molecule has 0 saturated heterocycles. The first-order valence-electron chi connectivity index (χ1n) is 5.91. The molecule has 0 aliphatic carbocycles. The molecule has 4 heteroatoms. The molecule has 1 atom stereocenters. The van der Waals surface area contributed by atoms with E-state index in [0.29, 0.717) is 13.2 Å². The predicted molar refractivity (Wildman–Crippen MR) is 69.5 cm³/mol. The molecule has 0 bridgehead atoms. The Kier molecular flexibility index (Phi) is 4.05. The Morgan fingerprint density at radius 2 is 2.39 bits per heavy atom. The minimum Gasteiger partial charge on any atom is -0.493 e. The maximum atomic E-state index is 11.7. The van der Waals surface area contributed by atoms with Gasteiger partial charge in [0.15, 0.2) is 0 Å². The topological polar surface area (TPSA) is 50.4 Å². The summed E-state index contributed by atoms with van der Waals surface area (Å²) in [6, 6.07) is 7.58. The molecule has 0 spiro atoms. The van der Waals surface area contributed by atoms with E-state index in [1.54, 1.807) is 6.08 Å². The van der Waals surface area contributed by atoms with Crippen LogP contribution in [0.1, 0.15) is 18.0 Å². The van der Waals surface area contributed by atoms with Crippen molar-refractivity contribution in [2.75, 3.05) is 13.2 Å². The molecule has 1 heterocycles. The fraction of sp³-hybridized carbons (Fsp3) is 0.286. The maximum Gasteiger partial charge on any atom is 0.315 e. The van der Waals surface area contributed by atoms with E-state index in [2.05, 4.69) is 22.9 Å². The third kappa shape index (κ3) is 2.93. The van der Waals surface area contributed by atoms with Crippen molar-refractivity contribution in [1.82, 2.24) is 10.6 Å². The van der Waals surface area contributed by atoms with Gasteiger partial charge >= 0.3 is 6.03 Å². The van der Waals surface area contributed by atoms with Crippen molar-refractivity contribution < 1.29 is 9.53 Å². The second kappa shape index (κ2) is 5.94. The maximum absolute atomic E-state index is 11.7. The molecule has 4 nitrogen and oxygen atoms in total. The van der Waals surface area contributed by atoms with Crippen molar-refractivity contribution in [3.8, 4) is 5.75 Å². The number of nitrogens with one attached hydrogen (secondary N) is 2. The number of hydrogen-bond acceptors (Lipinski definition) is 2. The van der Waals surface area contributed by atoms with Crippen LogP contribution >= 0.6 is 0 Å². The molecule has 0 saturated carbocycles. The van der Waals surface area contributed by atoms with Gasteiger partial charge < -0.3 is 15.4 Å². The molecule has 2 N–H and O–H groups in total.